The van der Waals surface area contributed by atoms with E-state index in [9.17, 15) is 9.59 Å². The molecule has 7 heteroatoms. The number of rotatable bonds is 4. The number of hydrazone groups is 1. The quantitative estimate of drug-likeness (QED) is 0.663. The third-order valence-corrected chi connectivity index (χ3v) is 3.98. The molecule has 0 aliphatic heterocycles. The highest BCUT2D eigenvalue weighted by atomic mass is 35.5. The normalized spacial score (nSPS) is 11.1. The van der Waals surface area contributed by atoms with Crippen molar-refractivity contribution in [1.82, 2.24) is 5.43 Å². The summed E-state index contributed by atoms with van der Waals surface area (Å²) >= 11 is 6.98. The van der Waals surface area contributed by atoms with Crippen LogP contribution in [-0.4, -0.2) is 17.5 Å². The molecule has 0 radical (unpaired) electrons. The van der Waals surface area contributed by atoms with Gasteiger partial charge in [-0.3, -0.25) is 9.59 Å². The fourth-order valence-corrected chi connectivity index (χ4v) is 2.62. The van der Waals surface area contributed by atoms with E-state index in [2.05, 4.69) is 15.8 Å². The van der Waals surface area contributed by atoms with Crippen LogP contribution in [0.4, 0.5) is 5.69 Å². The fourth-order valence-electron chi connectivity index (χ4n) is 1.69. The van der Waals surface area contributed by atoms with E-state index in [0.29, 0.717) is 20.6 Å². The molecule has 0 saturated carbocycles. The van der Waals surface area contributed by atoms with Gasteiger partial charge in [0, 0.05) is 12.6 Å². The molecular weight excluding hydrogens is 322 g/mol. The summed E-state index contributed by atoms with van der Waals surface area (Å²) in [5, 5.41) is 6.75. The van der Waals surface area contributed by atoms with Crippen LogP contribution in [0.5, 0.6) is 0 Å². The summed E-state index contributed by atoms with van der Waals surface area (Å²) in [6.45, 7) is 3.24. The highest BCUT2D eigenvalue weighted by molar-refractivity contribution is 7.17. The van der Waals surface area contributed by atoms with E-state index < -0.39 is 0 Å². The third kappa shape index (κ3) is 4.41. The first-order valence-electron chi connectivity index (χ1n) is 6.43. The molecule has 2 N–H and O–H groups in total. The van der Waals surface area contributed by atoms with Crippen LogP contribution in [0.2, 0.25) is 4.34 Å². The first-order valence-corrected chi connectivity index (χ1v) is 7.63. The van der Waals surface area contributed by atoms with Crippen LogP contribution >= 0.6 is 22.9 Å². The van der Waals surface area contributed by atoms with E-state index in [4.69, 9.17) is 11.6 Å². The average molecular weight is 336 g/mol. The van der Waals surface area contributed by atoms with Crippen molar-refractivity contribution in [1.29, 1.82) is 0 Å². The number of carbonyl (C=O) groups excluding carboxylic acids is 2. The van der Waals surface area contributed by atoms with Gasteiger partial charge in [0.1, 0.15) is 0 Å². The molecule has 2 rings (SSSR count). The number of nitrogens with one attached hydrogen (secondary N) is 2. The van der Waals surface area contributed by atoms with Crippen LogP contribution in [0.15, 0.2) is 41.5 Å². The summed E-state index contributed by atoms with van der Waals surface area (Å²) in [5.41, 5.74) is 4.70. The third-order valence-electron chi connectivity index (χ3n) is 2.75. The number of hydrogen-bond donors (Lipinski definition) is 2. The molecule has 1 aromatic heterocycles. The minimum Gasteiger partial charge on any atom is -0.326 e. The molecule has 0 spiro atoms. The number of benzene rings is 1. The summed E-state index contributed by atoms with van der Waals surface area (Å²) in [4.78, 5) is 23.3. The maximum absolute atomic E-state index is 11.9. The zero-order valence-electron chi connectivity index (χ0n) is 12.0. The molecule has 2 aromatic rings. The summed E-state index contributed by atoms with van der Waals surface area (Å²) < 4.78 is 0.555. The van der Waals surface area contributed by atoms with Crippen LogP contribution in [-0.2, 0) is 4.79 Å². The highest BCUT2D eigenvalue weighted by Crippen LogP contribution is 2.21. The Morgan fingerprint density at radius 3 is 2.32 bits per heavy atom. The van der Waals surface area contributed by atoms with E-state index in [-0.39, 0.29) is 11.8 Å². The van der Waals surface area contributed by atoms with Crippen molar-refractivity contribution in [2.45, 2.75) is 13.8 Å². The highest BCUT2D eigenvalue weighted by Gasteiger charge is 2.08. The zero-order chi connectivity index (χ0) is 16.1. The van der Waals surface area contributed by atoms with E-state index in [1.54, 1.807) is 31.2 Å². The number of halogens is 1. The van der Waals surface area contributed by atoms with E-state index >= 15 is 0 Å². The largest absolute Gasteiger partial charge is 0.326 e. The van der Waals surface area contributed by atoms with E-state index in [0.717, 1.165) is 5.56 Å². The monoisotopic (exact) mass is 335 g/mol. The zero-order valence-corrected chi connectivity index (χ0v) is 13.6. The predicted molar refractivity (Wildman–Crippen MR) is 89.8 cm³/mol. The van der Waals surface area contributed by atoms with Crippen molar-refractivity contribution in [2.24, 2.45) is 5.10 Å². The van der Waals surface area contributed by atoms with E-state index in [1.807, 2.05) is 12.1 Å². The molecule has 0 bridgehead atoms. The van der Waals surface area contributed by atoms with Crippen LogP contribution in [0.3, 0.4) is 0 Å². The van der Waals surface area contributed by atoms with Gasteiger partial charge in [-0.05, 0) is 36.8 Å². The Kier molecular flexibility index (Phi) is 5.30. The number of hydrogen-bond acceptors (Lipinski definition) is 4. The Hall–Kier alpha value is -2.18. The Morgan fingerprint density at radius 1 is 1.09 bits per heavy atom. The summed E-state index contributed by atoms with van der Waals surface area (Å²) in [5.74, 6) is -0.425. The van der Waals surface area contributed by atoms with Gasteiger partial charge in [-0.25, -0.2) is 5.43 Å². The fraction of sp³-hybridized carbons (Fsp3) is 0.133. The van der Waals surface area contributed by atoms with Crippen LogP contribution in [0, 0.1) is 0 Å². The minimum absolute atomic E-state index is 0.125. The van der Waals surface area contributed by atoms with E-state index in [1.165, 1.54) is 18.3 Å². The van der Waals surface area contributed by atoms with Gasteiger partial charge in [-0.15, -0.1) is 11.3 Å². The molecular formula is C15H14ClN3O2S. The molecule has 0 aliphatic rings. The topological polar surface area (TPSA) is 70.6 Å². The van der Waals surface area contributed by atoms with Crippen molar-refractivity contribution in [3.05, 3.63) is 51.2 Å². The lowest BCUT2D eigenvalue weighted by Gasteiger charge is -2.05. The van der Waals surface area contributed by atoms with Gasteiger partial charge in [-0.1, -0.05) is 23.7 Å². The maximum Gasteiger partial charge on any atom is 0.281 e. The molecule has 114 valence electrons. The van der Waals surface area contributed by atoms with Crippen molar-refractivity contribution >= 4 is 46.2 Å². The second-order valence-corrected chi connectivity index (χ2v) is 6.22. The molecule has 0 aliphatic carbocycles. The molecule has 1 aromatic carbocycles. The van der Waals surface area contributed by atoms with Crippen LogP contribution in [0.25, 0.3) is 0 Å². The maximum atomic E-state index is 11.9. The molecule has 0 fully saturated rings. The molecule has 0 unspecified atom stereocenters. The molecule has 5 nitrogen and oxygen atoms in total. The van der Waals surface area contributed by atoms with Gasteiger partial charge in [0.15, 0.2) is 0 Å². The number of nitrogens with zero attached hydrogens (tertiary/aromatic N) is 1. The number of anilines is 1. The smallest absolute Gasteiger partial charge is 0.281 e. The van der Waals surface area contributed by atoms with Crippen molar-refractivity contribution < 1.29 is 9.59 Å². The Labute approximate surface area is 137 Å². The number of carbonyl (C=O) groups is 2. The summed E-state index contributed by atoms with van der Waals surface area (Å²) in [7, 11) is 0. The van der Waals surface area contributed by atoms with Crippen molar-refractivity contribution in [3.8, 4) is 0 Å². The van der Waals surface area contributed by atoms with Gasteiger partial charge in [-0.2, -0.15) is 5.10 Å². The molecule has 0 saturated heterocycles. The lowest BCUT2D eigenvalue weighted by Crippen LogP contribution is -2.18. The summed E-state index contributed by atoms with van der Waals surface area (Å²) in [6, 6.07) is 10.5. The van der Waals surface area contributed by atoms with Crippen LogP contribution < -0.4 is 10.7 Å². The van der Waals surface area contributed by atoms with Gasteiger partial charge < -0.3 is 5.32 Å². The van der Waals surface area contributed by atoms with Crippen molar-refractivity contribution in [3.63, 3.8) is 0 Å². The van der Waals surface area contributed by atoms with Gasteiger partial charge in [0.05, 0.1) is 14.9 Å². The predicted octanol–water partition coefficient (Wildman–Crippen LogP) is 3.51. The molecule has 2 amide bonds. The van der Waals surface area contributed by atoms with Crippen LogP contribution in [0.1, 0.15) is 29.1 Å². The molecule has 0 atom stereocenters. The van der Waals surface area contributed by atoms with Gasteiger partial charge >= 0.3 is 0 Å². The Balaban J connectivity index is 2.02. The van der Waals surface area contributed by atoms with Gasteiger partial charge in [0.25, 0.3) is 5.91 Å². The molecule has 1 heterocycles. The first-order chi connectivity index (χ1) is 10.5. The Morgan fingerprint density at radius 2 is 1.77 bits per heavy atom. The number of amides is 2. The SMILES string of the molecule is CC(=O)Nc1ccc(/C(C)=N\NC(=O)c2ccc(Cl)s2)cc1. The number of thiophene rings is 1. The minimum atomic E-state index is -0.300. The standard InChI is InChI=1S/C15H14ClN3O2S/c1-9(11-3-5-12(6-4-11)17-10(2)20)18-19-15(21)13-7-8-14(16)22-13/h3-8H,1-2H3,(H,17,20)(H,19,21)/b18-9-. The molecule has 22 heavy (non-hydrogen) atoms. The lowest BCUT2D eigenvalue weighted by molar-refractivity contribution is -0.114. The second kappa shape index (κ2) is 7.20. The average Bonchev–Trinajstić information content (AvgIpc) is 2.91. The van der Waals surface area contributed by atoms with Crippen molar-refractivity contribution in [2.75, 3.05) is 5.32 Å². The van der Waals surface area contributed by atoms with Gasteiger partial charge in [0.2, 0.25) is 5.91 Å². The lowest BCUT2D eigenvalue weighted by atomic mass is 10.1. The summed E-state index contributed by atoms with van der Waals surface area (Å²) in [6.07, 6.45) is 0. The Bertz CT molecular complexity index is 723. The second-order valence-electron chi connectivity index (χ2n) is 4.50. The first kappa shape index (κ1) is 16.2.